The lowest BCUT2D eigenvalue weighted by Gasteiger charge is -2.00. The summed E-state index contributed by atoms with van der Waals surface area (Å²) in [5.41, 5.74) is 3.18. The number of para-hydroxylation sites is 2. The first-order valence-electron chi connectivity index (χ1n) is 6.44. The smallest absolute Gasteiger partial charge is 0.0961 e. The van der Waals surface area contributed by atoms with Crippen LogP contribution in [0.4, 0.5) is 0 Å². The first-order valence-corrected chi connectivity index (χ1v) is 7.32. The Labute approximate surface area is 121 Å². The summed E-state index contributed by atoms with van der Waals surface area (Å²) in [6.45, 7) is 0.928. The number of nitrogens with zero attached hydrogens (tertiary/aromatic N) is 2. The van der Waals surface area contributed by atoms with Gasteiger partial charge in [-0.15, -0.1) is 11.3 Å². The van der Waals surface area contributed by atoms with Crippen molar-refractivity contribution in [2.75, 3.05) is 6.61 Å². The number of aromatic nitrogens is 2. The zero-order valence-electron chi connectivity index (χ0n) is 10.9. The van der Waals surface area contributed by atoms with Crippen LogP contribution in [0.15, 0.2) is 42.0 Å². The molecule has 2 heterocycles. The Kier molecular flexibility index (Phi) is 3.82. The molecule has 0 atom stereocenters. The van der Waals surface area contributed by atoms with E-state index in [0.717, 1.165) is 23.1 Å². The molecule has 0 bridgehead atoms. The second-order valence-corrected chi connectivity index (χ2v) is 5.43. The van der Waals surface area contributed by atoms with Crippen molar-refractivity contribution in [1.82, 2.24) is 9.55 Å². The number of rotatable bonds is 3. The fourth-order valence-corrected chi connectivity index (χ4v) is 2.87. The van der Waals surface area contributed by atoms with Gasteiger partial charge in [0.2, 0.25) is 0 Å². The van der Waals surface area contributed by atoms with Crippen LogP contribution in [0.2, 0.25) is 0 Å². The molecule has 0 amide bonds. The van der Waals surface area contributed by atoms with Crippen molar-refractivity contribution in [2.45, 2.75) is 13.0 Å². The maximum absolute atomic E-state index is 8.71. The van der Waals surface area contributed by atoms with E-state index in [4.69, 9.17) is 5.11 Å². The normalized spacial score (nSPS) is 10.4. The summed E-state index contributed by atoms with van der Waals surface area (Å²) in [4.78, 5) is 5.65. The van der Waals surface area contributed by atoms with Gasteiger partial charge in [0.25, 0.3) is 0 Å². The molecule has 0 aliphatic rings. The molecule has 3 nitrogen and oxygen atoms in total. The molecule has 0 unspecified atom stereocenters. The van der Waals surface area contributed by atoms with Gasteiger partial charge in [0.1, 0.15) is 0 Å². The number of hydrogen-bond acceptors (Lipinski definition) is 3. The average molecular weight is 282 g/mol. The van der Waals surface area contributed by atoms with E-state index in [2.05, 4.69) is 38.9 Å². The minimum atomic E-state index is 0.116. The fourth-order valence-electron chi connectivity index (χ4n) is 2.05. The van der Waals surface area contributed by atoms with Crippen molar-refractivity contribution in [3.63, 3.8) is 0 Å². The van der Waals surface area contributed by atoms with Crippen LogP contribution in [-0.2, 0) is 6.54 Å². The lowest BCUT2D eigenvalue weighted by molar-refractivity contribution is 0.305. The molecule has 0 fully saturated rings. The van der Waals surface area contributed by atoms with E-state index in [-0.39, 0.29) is 6.61 Å². The number of hydrogen-bond donors (Lipinski definition) is 1. The zero-order valence-corrected chi connectivity index (χ0v) is 11.7. The highest BCUT2D eigenvalue weighted by Gasteiger charge is 2.04. The standard InChI is InChI=1S/C16H14N2OS/c19-8-4-3-5-13-9-14(20-11-13)10-18-12-17-15-6-1-2-7-16(15)18/h1-2,6-7,9,11-12,19H,4,8,10H2. The number of benzene rings is 1. The number of thiophene rings is 1. The van der Waals surface area contributed by atoms with Crippen LogP contribution in [0.25, 0.3) is 11.0 Å². The van der Waals surface area contributed by atoms with Crippen molar-refractivity contribution in [1.29, 1.82) is 0 Å². The molecule has 0 saturated carbocycles. The van der Waals surface area contributed by atoms with Crippen molar-refractivity contribution >= 4 is 22.4 Å². The molecule has 3 rings (SSSR count). The average Bonchev–Trinajstić information content (AvgIpc) is 3.08. The third kappa shape index (κ3) is 2.74. The highest BCUT2D eigenvalue weighted by atomic mass is 32.1. The van der Waals surface area contributed by atoms with Crippen LogP contribution in [0.5, 0.6) is 0 Å². The monoisotopic (exact) mass is 282 g/mol. The summed E-state index contributed by atoms with van der Waals surface area (Å²) >= 11 is 1.70. The van der Waals surface area contributed by atoms with E-state index in [1.807, 2.05) is 24.5 Å². The predicted octanol–water partition coefficient (Wildman–Crippen LogP) is 2.88. The van der Waals surface area contributed by atoms with Gasteiger partial charge >= 0.3 is 0 Å². The topological polar surface area (TPSA) is 38.0 Å². The zero-order chi connectivity index (χ0) is 13.8. The van der Waals surface area contributed by atoms with E-state index >= 15 is 0 Å². The highest BCUT2D eigenvalue weighted by Crippen LogP contribution is 2.18. The molecule has 1 N–H and O–H groups in total. The van der Waals surface area contributed by atoms with Crippen LogP contribution < -0.4 is 0 Å². The Bertz CT molecular complexity index is 776. The van der Waals surface area contributed by atoms with Crippen LogP contribution in [0, 0.1) is 11.8 Å². The molecule has 0 radical (unpaired) electrons. The Morgan fingerprint density at radius 2 is 2.20 bits per heavy atom. The maximum Gasteiger partial charge on any atom is 0.0961 e. The molecule has 0 saturated heterocycles. The van der Waals surface area contributed by atoms with E-state index in [1.165, 1.54) is 4.88 Å². The first kappa shape index (κ1) is 12.9. The molecule has 100 valence electrons. The summed E-state index contributed by atoms with van der Waals surface area (Å²) < 4.78 is 2.14. The summed E-state index contributed by atoms with van der Waals surface area (Å²) in [5.74, 6) is 6.00. The Hall–Kier alpha value is -2.09. The van der Waals surface area contributed by atoms with Gasteiger partial charge in [0.05, 0.1) is 30.5 Å². The summed E-state index contributed by atoms with van der Waals surface area (Å²) in [7, 11) is 0. The van der Waals surface area contributed by atoms with Crippen molar-refractivity contribution in [3.05, 3.63) is 52.5 Å². The number of imidazole rings is 1. The largest absolute Gasteiger partial charge is 0.395 e. The van der Waals surface area contributed by atoms with Crippen molar-refractivity contribution in [3.8, 4) is 11.8 Å². The second kappa shape index (κ2) is 5.91. The summed E-state index contributed by atoms with van der Waals surface area (Å²) in [6.07, 6.45) is 2.40. The number of aliphatic hydroxyl groups excluding tert-OH is 1. The molecule has 20 heavy (non-hydrogen) atoms. The molecule has 2 aromatic heterocycles. The van der Waals surface area contributed by atoms with Gasteiger partial charge in [-0.1, -0.05) is 24.0 Å². The SMILES string of the molecule is OCCC#Cc1csc(Cn2cnc3ccccc32)c1. The Balaban J connectivity index is 1.80. The van der Waals surface area contributed by atoms with Crippen molar-refractivity contribution < 1.29 is 5.11 Å². The maximum atomic E-state index is 8.71. The molecule has 0 aliphatic carbocycles. The van der Waals surface area contributed by atoms with Gasteiger partial charge in [-0.25, -0.2) is 4.98 Å². The summed E-state index contributed by atoms with van der Waals surface area (Å²) in [5, 5.41) is 10.8. The molecule has 0 aliphatic heterocycles. The van der Waals surface area contributed by atoms with Gasteiger partial charge in [0, 0.05) is 22.2 Å². The van der Waals surface area contributed by atoms with E-state index in [0.29, 0.717) is 6.42 Å². The molecule has 0 spiro atoms. The molecule has 4 heteroatoms. The van der Waals surface area contributed by atoms with Gasteiger partial charge in [-0.05, 0) is 18.2 Å². The lowest BCUT2D eigenvalue weighted by atomic mass is 10.3. The van der Waals surface area contributed by atoms with Crippen LogP contribution >= 0.6 is 11.3 Å². The Morgan fingerprint density at radius 1 is 1.30 bits per heavy atom. The minimum Gasteiger partial charge on any atom is -0.395 e. The molecule has 1 aromatic carbocycles. The van der Waals surface area contributed by atoms with E-state index < -0.39 is 0 Å². The van der Waals surface area contributed by atoms with E-state index in [9.17, 15) is 0 Å². The summed E-state index contributed by atoms with van der Waals surface area (Å²) in [6, 6.07) is 10.2. The quantitative estimate of drug-likeness (QED) is 0.750. The Morgan fingerprint density at radius 3 is 3.10 bits per heavy atom. The molecule has 3 aromatic rings. The third-order valence-electron chi connectivity index (χ3n) is 2.98. The fraction of sp³-hybridized carbons (Fsp3) is 0.188. The molecular formula is C16H14N2OS. The van der Waals surface area contributed by atoms with Gasteiger partial charge in [-0.2, -0.15) is 0 Å². The van der Waals surface area contributed by atoms with Gasteiger partial charge < -0.3 is 9.67 Å². The lowest BCUT2D eigenvalue weighted by Crippen LogP contribution is -1.95. The second-order valence-electron chi connectivity index (χ2n) is 4.44. The van der Waals surface area contributed by atoms with Gasteiger partial charge in [-0.3, -0.25) is 0 Å². The highest BCUT2D eigenvalue weighted by molar-refractivity contribution is 7.10. The van der Waals surface area contributed by atoms with Crippen molar-refractivity contribution in [2.24, 2.45) is 0 Å². The minimum absolute atomic E-state index is 0.116. The van der Waals surface area contributed by atoms with Gasteiger partial charge in [0.15, 0.2) is 0 Å². The first-order chi connectivity index (χ1) is 9.86. The van der Waals surface area contributed by atoms with Crippen LogP contribution in [0.1, 0.15) is 16.9 Å². The number of aliphatic hydroxyl groups is 1. The predicted molar refractivity (Wildman–Crippen MR) is 81.7 cm³/mol. The third-order valence-corrected chi connectivity index (χ3v) is 3.90. The number of fused-ring (bicyclic) bond motifs is 1. The molecular weight excluding hydrogens is 268 g/mol. The van der Waals surface area contributed by atoms with Crippen LogP contribution in [-0.4, -0.2) is 21.3 Å². The van der Waals surface area contributed by atoms with Crippen LogP contribution in [0.3, 0.4) is 0 Å². The van der Waals surface area contributed by atoms with E-state index in [1.54, 1.807) is 11.3 Å².